The van der Waals surface area contributed by atoms with Gasteiger partial charge in [0.2, 0.25) is 10.0 Å². The highest BCUT2D eigenvalue weighted by Crippen LogP contribution is 2.43. The summed E-state index contributed by atoms with van der Waals surface area (Å²) in [5.41, 5.74) is 6.78. The fraction of sp³-hybridized carbons (Fsp3) is 0.318. The fourth-order valence-corrected chi connectivity index (χ4v) is 5.48. The van der Waals surface area contributed by atoms with Crippen LogP contribution in [0.15, 0.2) is 36.5 Å². The van der Waals surface area contributed by atoms with E-state index < -0.39 is 10.0 Å². The standard InChI is InChI=1S/C22H23FN4O2S/c1-26-13-18-20-16(17-12-15(23)5-6-19(17)26)7-9-24-22(20)25-21(18)14-4-3-10-27(11-8-14)30(2,28)29/h4-7,9,12H,3,8,10-11,13H2,1-2H3,(H,24,25). The molecule has 8 heteroatoms. The van der Waals surface area contributed by atoms with Gasteiger partial charge in [-0.25, -0.2) is 22.1 Å². The largest absolute Gasteiger partial charge is 0.370 e. The van der Waals surface area contributed by atoms with Crippen LogP contribution in [-0.4, -0.2) is 49.1 Å². The number of fused-ring (bicyclic) bond motifs is 2. The Hall–Kier alpha value is -2.71. The molecule has 0 unspecified atom stereocenters. The van der Waals surface area contributed by atoms with E-state index in [2.05, 4.69) is 20.9 Å². The van der Waals surface area contributed by atoms with Crippen molar-refractivity contribution >= 4 is 32.3 Å². The topological polar surface area (TPSA) is 69.3 Å². The summed E-state index contributed by atoms with van der Waals surface area (Å²) in [6.07, 6.45) is 6.43. The Morgan fingerprint density at radius 1 is 1.17 bits per heavy atom. The molecule has 6 nitrogen and oxygen atoms in total. The molecule has 2 aliphatic rings. The minimum Gasteiger partial charge on any atom is -0.370 e. The molecule has 2 aromatic heterocycles. The van der Waals surface area contributed by atoms with Crippen molar-refractivity contribution in [1.82, 2.24) is 14.3 Å². The molecule has 156 valence electrons. The molecule has 1 aromatic carbocycles. The molecule has 30 heavy (non-hydrogen) atoms. The molecule has 0 bridgehead atoms. The van der Waals surface area contributed by atoms with E-state index in [1.54, 1.807) is 12.3 Å². The maximum absolute atomic E-state index is 14.1. The number of aromatic nitrogens is 2. The first kappa shape index (κ1) is 19.3. The highest BCUT2D eigenvalue weighted by Gasteiger charge is 2.27. The van der Waals surface area contributed by atoms with Crippen LogP contribution in [0.1, 0.15) is 24.1 Å². The summed E-state index contributed by atoms with van der Waals surface area (Å²) in [5.74, 6) is -0.265. The number of rotatable bonds is 2. The summed E-state index contributed by atoms with van der Waals surface area (Å²) in [6.45, 7) is 1.60. The number of aromatic amines is 1. The van der Waals surface area contributed by atoms with E-state index in [0.717, 1.165) is 44.7 Å². The van der Waals surface area contributed by atoms with Crippen LogP contribution in [-0.2, 0) is 16.6 Å². The van der Waals surface area contributed by atoms with Gasteiger partial charge in [-0.2, -0.15) is 0 Å². The Labute approximate surface area is 175 Å². The second-order valence-electron chi connectivity index (χ2n) is 8.01. The van der Waals surface area contributed by atoms with Crippen LogP contribution in [0.3, 0.4) is 0 Å². The zero-order chi connectivity index (χ0) is 21.0. The number of hydrogen-bond donors (Lipinski definition) is 1. The highest BCUT2D eigenvalue weighted by molar-refractivity contribution is 7.88. The Bertz CT molecular complexity index is 1300. The van der Waals surface area contributed by atoms with Gasteiger partial charge in [-0.3, -0.25) is 0 Å². The fourth-order valence-electron chi connectivity index (χ4n) is 4.62. The van der Waals surface area contributed by atoms with Crippen molar-refractivity contribution in [1.29, 1.82) is 0 Å². The summed E-state index contributed by atoms with van der Waals surface area (Å²) < 4.78 is 39.6. The molecule has 3 aromatic rings. The number of benzene rings is 1. The maximum Gasteiger partial charge on any atom is 0.211 e. The van der Waals surface area contributed by atoms with E-state index >= 15 is 0 Å². The van der Waals surface area contributed by atoms with Gasteiger partial charge in [-0.1, -0.05) is 6.08 Å². The molecule has 0 radical (unpaired) electrons. The molecule has 0 fully saturated rings. The van der Waals surface area contributed by atoms with Crippen LogP contribution in [0.2, 0.25) is 0 Å². The molecule has 0 amide bonds. The number of H-pyrrole nitrogens is 1. The molecular formula is C22H23FN4O2S. The summed E-state index contributed by atoms with van der Waals surface area (Å²) in [5, 5.41) is 1.01. The number of sulfonamides is 1. The van der Waals surface area contributed by atoms with E-state index in [4.69, 9.17) is 0 Å². The number of nitrogens with zero attached hydrogens (tertiary/aromatic N) is 3. The molecule has 0 saturated carbocycles. The van der Waals surface area contributed by atoms with E-state index in [0.29, 0.717) is 32.5 Å². The lowest BCUT2D eigenvalue weighted by molar-refractivity contribution is 0.434. The number of nitrogens with one attached hydrogen (secondary N) is 1. The molecule has 4 heterocycles. The molecule has 1 N–H and O–H groups in total. The van der Waals surface area contributed by atoms with Crippen LogP contribution in [0.4, 0.5) is 10.1 Å². The van der Waals surface area contributed by atoms with E-state index in [-0.39, 0.29) is 5.82 Å². The number of hydrogen-bond acceptors (Lipinski definition) is 4. The van der Waals surface area contributed by atoms with Crippen LogP contribution >= 0.6 is 0 Å². The van der Waals surface area contributed by atoms with Crippen LogP contribution < -0.4 is 4.90 Å². The summed E-state index contributed by atoms with van der Waals surface area (Å²) in [6, 6.07) is 6.83. The highest BCUT2D eigenvalue weighted by atomic mass is 32.2. The van der Waals surface area contributed by atoms with Crippen LogP contribution in [0.25, 0.3) is 27.7 Å². The van der Waals surface area contributed by atoms with Gasteiger partial charge in [0.25, 0.3) is 0 Å². The molecule has 0 atom stereocenters. The lowest BCUT2D eigenvalue weighted by Crippen LogP contribution is -2.30. The van der Waals surface area contributed by atoms with Gasteiger partial charge in [0.15, 0.2) is 0 Å². The quantitative estimate of drug-likeness (QED) is 0.678. The average Bonchev–Trinajstić information content (AvgIpc) is 2.84. The van der Waals surface area contributed by atoms with E-state index in [1.807, 2.05) is 19.2 Å². The van der Waals surface area contributed by atoms with Gasteiger partial charge in [0, 0.05) is 60.8 Å². The third-order valence-corrected chi connectivity index (χ3v) is 7.35. The molecule has 2 aliphatic heterocycles. The van der Waals surface area contributed by atoms with Crippen molar-refractivity contribution in [2.75, 3.05) is 31.3 Å². The van der Waals surface area contributed by atoms with Gasteiger partial charge in [0.05, 0.1) is 6.26 Å². The van der Waals surface area contributed by atoms with Crippen molar-refractivity contribution < 1.29 is 12.8 Å². The Balaban J connectivity index is 1.65. The smallest absolute Gasteiger partial charge is 0.211 e. The Morgan fingerprint density at radius 2 is 2.00 bits per heavy atom. The molecule has 5 rings (SSSR count). The van der Waals surface area contributed by atoms with Gasteiger partial charge in [-0.05, 0) is 48.2 Å². The van der Waals surface area contributed by atoms with E-state index in [9.17, 15) is 12.8 Å². The van der Waals surface area contributed by atoms with E-state index in [1.165, 1.54) is 16.6 Å². The van der Waals surface area contributed by atoms with Crippen LogP contribution in [0.5, 0.6) is 0 Å². The van der Waals surface area contributed by atoms with Gasteiger partial charge < -0.3 is 9.88 Å². The second-order valence-corrected chi connectivity index (χ2v) is 9.99. The first-order valence-electron chi connectivity index (χ1n) is 9.98. The first-order valence-corrected chi connectivity index (χ1v) is 11.8. The number of anilines is 1. The van der Waals surface area contributed by atoms with Crippen molar-refractivity contribution in [2.24, 2.45) is 0 Å². The number of pyridine rings is 1. The minimum atomic E-state index is -3.21. The van der Waals surface area contributed by atoms with Gasteiger partial charge >= 0.3 is 0 Å². The monoisotopic (exact) mass is 426 g/mol. The molecule has 0 saturated heterocycles. The number of halogens is 1. The summed E-state index contributed by atoms with van der Waals surface area (Å²) in [7, 11) is -1.21. The molecule has 0 aliphatic carbocycles. The third kappa shape index (κ3) is 3.11. The summed E-state index contributed by atoms with van der Waals surface area (Å²) >= 11 is 0. The normalized spacial score (nSPS) is 17.4. The average molecular weight is 427 g/mol. The van der Waals surface area contributed by atoms with Crippen molar-refractivity contribution in [3.8, 4) is 11.1 Å². The Kier molecular flexibility index (Phi) is 4.44. The first-order chi connectivity index (χ1) is 14.3. The Morgan fingerprint density at radius 3 is 2.80 bits per heavy atom. The lowest BCUT2D eigenvalue weighted by atomic mass is 9.98. The SMILES string of the molecule is CN1Cc2c(C3=CCCN(S(C)(=O)=O)CC3)[nH]c3nccc(c23)-c2cc(F)ccc21. The lowest BCUT2D eigenvalue weighted by Gasteiger charge is -2.21. The maximum atomic E-state index is 14.1. The van der Waals surface area contributed by atoms with Crippen molar-refractivity contribution in [2.45, 2.75) is 19.4 Å². The zero-order valence-electron chi connectivity index (χ0n) is 16.9. The molecular weight excluding hydrogens is 403 g/mol. The van der Waals surface area contributed by atoms with Gasteiger partial charge in [0.1, 0.15) is 11.5 Å². The third-order valence-electron chi connectivity index (χ3n) is 6.04. The van der Waals surface area contributed by atoms with Crippen molar-refractivity contribution in [3.05, 3.63) is 53.6 Å². The zero-order valence-corrected chi connectivity index (χ0v) is 17.8. The predicted molar refractivity (Wildman–Crippen MR) is 117 cm³/mol. The summed E-state index contributed by atoms with van der Waals surface area (Å²) in [4.78, 5) is 10.1. The van der Waals surface area contributed by atoms with Gasteiger partial charge in [-0.15, -0.1) is 0 Å². The van der Waals surface area contributed by atoms with Crippen molar-refractivity contribution in [3.63, 3.8) is 0 Å². The second kappa shape index (κ2) is 6.92. The predicted octanol–water partition coefficient (Wildman–Crippen LogP) is 3.76. The molecule has 0 spiro atoms. The minimum absolute atomic E-state index is 0.265. The van der Waals surface area contributed by atoms with Crippen LogP contribution in [0, 0.1) is 5.82 Å².